The van der Waals surface area contributed by atoms with Crippen LogP contribution in [0.1, 0.15) is 25.3 Å². The molecule has 0 spiro atoms. The van der Waals surface area contributed by atoms with E-state index in [1.807, 2.05) is 13.0 Å². The minimum absolute atomic E-state index is 0.0684. The van der Waals surface area contributed by atoms with E-state index in [2.05, 4.69) is 5.32 Å². The zero-order valence-corrected chi connectivity index (χ0v) is 14.3. The highest BCUT2D eigenvalue weighted by Crippen LogP contribution is 2.24. The summed E-state index contributed by atoms with van der Waals surface area (Å²) in [6, 6.07) is 5.36. The zero-order valence-electron chi connectivity index (χ0n) is 12.8. The molecule has 0 aromatic heterocycles. The third-order valence-electron chi connectivity index (χ3n) is 3.83. The molecule has 4 nitrogen and oxygen atoms in total. The van der Waals surface area contributed by atoms with Gasteiger partial charge in [0.05, 0.1) is 6.10 Å². The van der Waals surface area contributed by atoms with Gasteiger partial charge in [-0.25, -0.2) is 4.79 Å². The summed E-state index contributed by atoms with van der Waals surface area (Å²) >= 11 is 12.2. The van der Waals surface area contributed by atoms with Crippen LogP contribution in [0.3, 0.4) is 0 Å². The second-order valence-electron chi connectivity index (χ2n) is 5.36. The molecule has 1 fully saturated rings. The van der Waals surface area contributed by atoms with E-state index in [9.17, 15) is 4.79 Å². The minimum Gasteiger partial charge on any atom is -0.376 e. The second-order valence-corrected chi connectivity index (χ2v) is 6.17. The Morgan fingerprint density at radius 1 is 1.41 bits per heavy atom. The van der Waals surface area contributed by atoms with E-state index in [4.69, 9.17) is 27.9 Å². The molecule has 2 rings (SSSR count). The number of nitrogens with one attached hydrogen (secondary N) is 1. The normalized spacial score (nSPS) is 17.5. The lowest BCUT2D eigenvalue weighted by Crippen LogP contribution is -2.44. The smallest absolute Gasteiger partial charge is 0.317 e. The fourth-order valence-corrected chi connectivity index (χ4v) is 3.15. The van der Waals surface area contributed by atoms with Gasteiger partial charge in [-0.2, -0.15) is 0 Å². The molecule has 1 atom stereocenters. The number of likely N-dealkylation sites (N-methyl/N-ethyl adjacent to an activating group) is 1. The lowest BCUT2D eigenvalue weighted by Gasteiger charge is -2.24. The number of urea groups is 1. The molecule has 1 aliphatic rings. The number of nitrogens with zero attached hydrogens (tertiary/aromatic N) is 1. The average molecular weight is 345 g/mol. The Labute approximate surface area is 141 Å². The topological polar surface area (TPSA) is 41.6 Å². The minimum atomic E-state index is -0.0684. The zero-order chi connectivity index (χ0) is 15.9. The maximum atomic E-state index is 12.2. The van der Waals surface area contributed by atoms with Crippen molar-refractivity contribution in [1.29, 1.82) is 0 Å². The molecule has 2 amide bonds. The summed E-state index contributed by atoms with van der Waals surface area (Å²) in [5.41, 5.74) is 0.869. The molecule has 1 saturated heterocycles. The first-order valence-corrected chi connectivity index (χ1v) is 8.44. The van der Waals surface area contributed by atoms with Crippen LogP contribution < -0.4 is 5.32 Å². The number of ether oxygens (including phenoxy) is 1. The highest BCUT2D eigenvalue weighted by atomic mass is 35.5. The van der Waals surface area contributed by atoms with Crippen LogP contribution in [0, 0.1) is 0 Å². The van der Waals surface area contributed by atoms with Crippen LogP contribution in [0.25, 0.3) is 0 Å². The Bertz CT molecular complexity index is 485. The Balaban J connectivity index is 1.80. The van der Waals surface area contributed by atoms with Crippen molar-refractivity contribution in [2.45, 2.75) is 32.3 Å². The summed E-state index contributed by atoms with van der Waals surface area (Å²) in [5, 5.41) is 4.19. The van der Waals surface area contributed by atoms with E-state index < -0.39 is 0 Å². The largest absolute Gasteiger partial charge is 0.376 e. The molecular formula is C16H22Cl2N2O2. The first kappa shape index (κ1) is 17.4. The van der Waals surface area contributed by atoms with Crippen LogP contribution in [0.4, 0.5) is 4.79 Å². The first-order chi connectivity index (χ1) is 10.6. The van der Waals surface area contributed by atoms with Gasteiger partial charge in [0.2, 0.25) is 0 Å². The van der Waals surface area contributed by atoms with E-state index in [1.165, 1.54) is 0 Å². The molecule has 22 heavy (non-hydrogen) atoms. The number of hydrogen-bond acceptors (Lipinski definition) is 2. The van der Waals surface area contributed by atoms with Gasteiger partial charge in [-0.3, -0.25) is 0 Å². The monoisotopic (exact) mass is 344 g/mol. The van der Waals surface area contributed by atoms with Crippen LogP contribution >= 0.6 is 23.2 Å². The number of carbonyl (C=O) groups is 1. The fraction of sp³-hybridized carbons (Fsp3) is 0.562. The van der Waals surface area contributed by atoms with E-state index >= 15 is 0 Å². The van der Waals surface area contributed by atoms with Crippen molar-refractivity contribution >= 4 is 29.2 Å². The Morgan fingerprint density at radius 2 is 2.14 bits per heavy atom. The molecule has 0 aliphatic carbocycles. The number of rotatable bonds is 6. The van der Waals surface area contributed by atoms with Crippen molar-refractivity contribution in [2.75, 3.05) is 26.2 Å². The predicted octanol–water partition coefficient (Wildman–Crippen LogP) is 3.75. The molecule has 1 aromatic carbocycles. The quantitative estimate of drug-likeness (QED) is 0.853. The van der Waals surface area contributed by atoms with E-state index in [-0.39, 0.29) is 12.1 Å². The molecular weight excluding hydrogens is 323 g/mol. The molecule has 122 valence electrons. The Kier molecular flexibility index (Phi) is 6.80. The molecule has 0 saturated carbocycles. The van der Waals surface area contributed by atoms with Crippen LogP contribution in [0.5, 0.6) is 0 Å². The highest BCUT2D eigenvalue weighted by Gasteiger charge is 2.21. The van der Waals surface area contributed by atoms with Gasteiger partial charge in [0, 0.05) is 36.3 Å². The molecule has 1 unspecified atom stereocenters. The summed E-state index contributed by atoms with van der Waals surface area (Å²) in [6.07, 6.45) is 2.89. The lowest BCUT2D eigenvalue weighted by molar-refractivity contribution is 0.0827. The standard InChI is InChI=1S/C16H22Cl2N2O2/c1-2-20(11-12-5-4-10-22-12)16(21)19-9-8-13-14(17)6-3-7-15(13)18/h3,6-7,12H,2,4-5,8-11H2,1H3,(H,19,21). The third kappa shape index (κ3) is 4.77. The van der Waals surface area contributed by atoms with Crippen molar-refractivity contribution in [3.05, 3.63) is 33.8 Å². The summed E-state index contributed by atoms with van der Waals surface area (Å²) < 4.78 is 5.58. The molecule has 1 heterocycles. The Hall–Kier alpha value is -0.970. The second kappa shape index (κ2) is 8.61. The number of carbonyl (C=O) groups excluding carboxylic acids is 1. The van der Waals surface area contributed by atoms with Crippen molar-refractivity contribution in [3.63, 3.8) is 0 Å². The molecule has 1 aliphatic heterocycles. The molecule has 1 aromatic rings. The van der Waals surface area contributed by atoms with Gasteiger partial charge >= 0.3 is 6.03 Å². The summed E-state index contributed by atoms with van der Waals surface area (Å²) in [6.45, 7) is 4.59. The Morgan fingerprint density at radius 3 is 2.73 bits per heavy atom. The van der Waals surface area contributed by atoms with Crippen molar-refractivity contribution in [1.82, 2.24) is 10.2 Å². The SMILES string of the molecule is CCN(CC1CCCO1)C(=O)NCCc1c(Cl)cccc1Cl. The first-order valence-electron chi connectivity index (χ1n) is 7.69. The summed E-state index contributed by atoms with van der Waals surface area (Å²) in [5.74, 6) is 0. The maximum Gasteiger partial charge on any atom is 0.317 e. The fourth-order valence-electron chi connectivity index (χ4n) is 2.57. The summed E-state index contributed by atoms with van der Waals surface area (Å²) in [4.78, 5) is 14.0. The van der Waals surface area contributed by atoms with E-state index in [0.29, 0.717) is 36.1 Å². The molecule has 0 radical (unpaired) electrons. The van der Waals surface area contributed by atoms with Gasteiger partial charge in [0.1, 0.15) is 0 Å². The van der Waals surface area contributed by atoms with Gasteiger partial charge in [-0.15, -0.1) is 0 Å². The van der Waals surface area contributed by atoms with Gasteiger partial charge in [-0.1, -0.05) is 29.3 Å². The van der Waals surface area contributed by atoms with Gasteiger partial charge in [0.15, 0.2) is 0 Å². The van der Waals surface area contributed by atoms with Crippen molar-refractivity contribution < 1.29 is 9.53 Å². The number of amides is 2. The van der Waals surface area contributed by atoms with Crippen LogP contribution in [0.2, 0.25) is 10.0 Å². The maximum absolute atomic E-state index is 12.2. The predicted molar refractivity (Wildman–Crippen MR) is 89.8 cm³/mol. The van der Waals surface area contributed by atoms with Crippen molar-refractivity contribution in [2.24, 2.45) is 0 Å². The number of benzene rings is 1. The molecule has 6 heteroatoms. The third-order valence-corrected chi connectivity index (χ3v) is 4.54. The van der Waals surface area contributed by atoms with Crippen molar-refractivity contribution in [3.8, 4) is 0 Å². The van der Waals surface area contributed by atoms with Gasteiger partial charge in [-0.05, 0) is 43.9 Å². The van der Waals surface area contributed by atoms with Gasteiger partial charge in [0.25, 0.3) is 0 Å². The summed E-state index contributed by atoms with van der Waals surface area (Å²) in [7, 11) is 0. The average Bonchev–Trinajstić information content (AvgIpc) is 3.00. The molecule has 0 bridgehead atoms. The number of halogens is 2. The van der Waals surface area contributed by atoms with Crippen LogP contribution in [0.15, 0.2) is 18.2 Å². The highest BCUT2D eigenvalue weighted by molar-refractivity contribution is 6.35. The number of hydrogen-bond donors (Lipinski definition) is 1. The molecule has 1 N–H and O–H groups in total. The van der Waals surface area contributed by atoms with E-state index in [1.54, 1.807) is 17.0 Å². The van der Waals surface area contributed by atoms with E-state index in [0.717, 1.165) is 25.0 Å². The van der Waals surface area contributed by atoms with Gasteiger partial charge < -0.3 is 15.0 Å². The van der Waals surface area contributed by atoms with Crippen LogP contribution in [-0.2, 0) is 11.2 Å². The lowest BCUT2D eigenvalue weighted by atomic mass is 10.1. The van der Waals surface area contributed by atoms with Crippen LogP contribution in [-0.4, -0.2) is 43.3 Å².